The van der Waals surface area contributed by atoms with E-state index in [4.69, 9.17) is 9.84 Å². The van der Waals surface area contributed by atoms with Crippen LogP contribution in [0.4, 0.5) is 57.5 Å². The molecule has 0 saturated heterocycles. The number of alkyl carbamates (subject to hydrolysis) is 1. The molecule has 5 N–H and O–H groups in total. The molecule has 0 aliphatic rings. The van der Waals surface area contributed by atoms with Gasteiger partial charge in [-0.2, -0.15) is 52.7 Å². The number of carboxylic acid groups (broad SMARTS) is 3. The van der Waals surface area contributed by atoms with Gasteiger partial charge >= 0.3 is 48.7 Å². The van der Waals surface area contributed by atoms with Crippen LogP contribution in [-0.4, -0.2) is 63.1 Å². The van der Waals surface area contributed by atoms with Gasteiger partial charge in [0, 0.05) is 6.42 Å². The number of alkyl halides is 12. The SMILES string of the molecule is C[C@H](NC(=O)[C@H](Cc1ccccc1)NC(=O)OCc1ccccc1)C(=O)O.O=C(O)C(C(=O)C(C(=O)O)c1c(C(F)(F)F)cccc1C(F)(F)F)c1c(C(F)(F)F)cccc1C(F)(F)F. The summed E-state index contributed by atoms with van der Waals surface area (Å²) in [6.45, 7) is 1.42. The maximum Gasteiger partial charge on any atom is 0.416 e. The second-order valence-corrected chi connectivity index (χ2v) is 13.5. The topological polar surface area (TPSA) is 196 Å². The molecule has 0 saturated carbocycles. The Morgan fingerprint density at radius 2 is 0.862 bits per heavy atom. The predicted molar refractivity (Wildman–Crippen MR) is 198 cm³/mol. The van der Waals surface area contributed by atoms with Crippen LogP contribution in [0.15, 0.2) is 97.1 Å². The number of carbonyl (C=O) groups is 6. The quantitative estimate of drug-likeness (QED) is 0.0604. The fraction of sp³-hybridized carbons (Fsp3) is 0.268. The van der Waals surface area contributed by atoms with Crippen LogP contribution in [0.5, 0.6) is 0 Å². The Morgan fingerprint density at radius 3 is 1.18 bits per heavy atom. The van der Waals surface area contributed by atoms with E-state index in [1.54, 1.807) is 0 Å². The van der Waals surface area contributed by atoms with Gasteiger partial charge in [-0.3, -0.25) is 24.0 Å². The van der Waals surface area contributed by atoms with Crippen molar-refractivity contribution in [3.63, 3.8) is 0 Å². The molecule has 24 heteroatoms. The molecule has 0 radical (unpaired) electrons. The molecule has 4 rings (SSSR count). The lowest BCUT2D eigenvalue weighted by atomic mass is 9.77. The van der Waals surface area contributed by atoms with Crippen molar-refractivity contribution in [2.45, 2.75) is 68.6 Å². The van der Waals surface area contributed by atoms with E-state index in [0.29, 0.717) is 0 Å². The minimum absolute atomic E-state index is 0.0673. The van der Waals surface area contributed by atoms with Gasteiger partial charge in [0.1, 0.15) is 30.5 Å². The minimum atomic E-state index is -5.83. The normalized spacial score (nSPS) is 13.7. The number of rotatable bonds is 14. The highest BCUT2D eigenvalue weighted by atomic mass is 19.4. The maximum absolute atomic E-state index is 13.5. The number of halogens is 12. The molecule has 0 spiro atoms. The Kier molecular flexibility index (Phi) is 16.9. The third kappa shape index (κ3) is 14.2. The molecule has 0 heterocycles. The highest BCUT2D eigenvalue weighted by Crippen LogP contribution is 2.47. The van der Waals surface area contributed by atoms with E-state index in [9.17, 15) is 91.7 Å². The first-order chi connectivity index (χ1) is 30.0. The van der Waals surface area contributed by atoms with Gasteiger partial charge in [0.05, 0.1) is 22.3 Å². The average Bonchev–Trinajstić information content (AvgIpc) is 3.19. The summed E-state index contributed by atoms with van der Waals surface area (Å²) < 4.78 is 168. The van der Waals surface area contributed by atoms with Gasteiger partial charge in [-0.1, -0.05) is 72.8 Å². The van der Waals surface area contributed by atoms with E-state index in [1.807, 2.05) is 60.7 Å². The molecule has 0 fully saturated rings. The molecule has 350 valence electrons. The second kappa shape index (κ2) is 21.0. The Morgan fingerprint density at radius 1 is 0.508 bits per heavy atom. The van der Waals surface area contributed by atoms with Crippen LogP contribution < -0.4 is 10.6 Å². The molecule has 2 unspecified atom stereocenters. The van der Waals surface area contributed by atoms with Gasteiger partial charge in [-0.05, 0) is 53.4 Å². The van der Waals surface area contributed by atoms with Gasteiger partial charge < -0.3 is 30.7 Å². The number of carbonyl (C=O) groups excluding carboxylic acids is 3. The van der Waals surface area contributed by atoms with Crippen LogP contribution in [0.2, 0.25) is 0 Å². The molecule has 0 bridgehead atoms. The highest BCUT2D eigenvalue weighted by molar-refractivity contribution is 6.15. The van der Waals surface area contributed by atoms with Crippen molar-refractivity contribution in [3.05, 3.63) is 142 Å². The lowest BCUT2D eigenvalue weighted by Gasteiger charge is -2.27. The molecule has 4 atom stereocenters. The van der Waals surface area contributed by atoms with E-state index in [-0.39, 0.29) is 49.4 Å². The zero-order chi connectivity index (χ0) is 49.2. The monoisotopic (exact) mass is 940 g/mol. The summed E-state index contributed by atoms with van der Waals surface area (Å²) in [5.41, 5.74) is -12.9. The first-order valence-electron chi connectivity index (χ1n) is 18.0. The van der Waals surface area contributed by atoms with Crippen LogP contribution >= 0.6 is 0 Å². The lowest BCUT2D eigenvalue weighted by Crippen LogP contribution is -2.51. The number of hydrogen-bond acceptors (Lipinski definition) is 7. The Hall–Kier alpha value is -7.14. The summed E-state index contributed by atoms with van der Waals surface area (Å²) >= 11 is 0. The van der Waals surface area contributed by atoms with Crippen molar-refractivity contribution in [2.75, 3.05) is 0 Å². The zero-order valence-electron chi connectivity index (χ0n) is 32.7. The summed E-state index contributed by atoms with van der Waals surface area (Å²) in [5.74, 6) is -18.0. The lowest BCUT2D eigenvalue weighted by molar-refractivity contribution is -0.150. The fourth-order valence-electron chi connectivity index (χ4n) is 6.02. The van der Waals surface area contributed by atoms with Crippen molar-refractivity contribution in [3.8, 4) is 0 Å². The fourth-order valence-corrected chi connectivity index (χ4v) is 6.02. The molecule has 2 amide bonds. The third-order valence-electron chi connectivity index (χ3n) is 8.91. The van der Waals surface area contributed by atoms with E-state index in [2.05, 4.69) is 10.6 Å². The van der Waals surface area contributed by atoms with E-state index < -0.39 is 118 Å². The number of carboxylic acids is 3. The number of Topliss-reactive ketones (excluding diaryl/α,β-unsaturated/α-hetero) is 1. The summed E-state index contributed by atoms with van der Waals surface area (Å²) in [5, 5.41) is 32.7. The van der Waals surface area contributed by atoms with E-state index in [1.165, 1.54) is 6.92 Å². The molecule has 0 aliphatic carbocycles. The first-order valence-corrected chi connectivity index (χ1v) is 18.0. The van der Waals surface area contributed by atoms with Crippen molar-refractivity contribution in [1.82, 2.24) is 10.6 Å². The van der Waals surface area contributed by atoms with Gasteiger partial charge in [0.2, 0.25) is 5.91 Å². The van der Waals surface area contributed by atoms with Crippen molar-refractivity contribution < 1.29 is 102 Å². The highest BCUT2D eigenvalue weighted by Gasteiger charge is 2.52. The maximum atomic E-state index is 13.5. The van der Waals surface area contributed by atoms with Gasteiger partial charge in [-0.15, -0.1) is 0 Å². The number of benzene rings is 4. The molecule has 0 aliphatic heterocycles. The number of hydrogen-bond donors (Lipinski definition) is 5. The van der Waals surface area contributed by atoms with Crippen LogP contribution in [0, 0.1) is 0 Å². The van der Waals surface area contributed by atoms with Crippen LogP contribution in [-0.2, 0) is 66.4 Å². The number of amides is 2. The summed E-state index contributed by atoms with van der Waals surface area (Å²) in [6.07, 6.45) is -23.9. The van der Waals surface area contributed by atoms with Crippen molar-refractivity contribution in [1.29, 1.82) is 0 Å². The van der Waals surface area contributed by atoms with Crippen molar-refractivity contribution in [2.24, 2.45) is 0 Å². The molecular weight excluding hydrogens is 908 g/mol. The smallest absolute Gasteiger partial charge is 0.416 e. The van der Waals surface area contributed by atoms with Gasteiger partial charge in [-0.25, -0.2) is 4.79 Å². The number of ketones is 1. The number of nitrogens with one attached hydrogen (secondary N) is 2. The molecule has 65 heavy (non-hydrogen) atoms. The van der Waals surface area contributed by atoms with Crippen LogP contribution in [0.1, 0.15) is 63.3 Å². The summed E-state index contributed by atoms with van der Waals surface area (Å²) in [7, 11) is 0. The molecule has 4 aromatic carbocycles. The average molecular weight is 941 g/mol. The third-order valence-corrected chi connectivity index (χ3v) is 8.91. The van der Waals surface area contributed by atoms with Crippen molar-refractivity contribution >= 4 is 35.7 Å². The Bertz CT molecular complexity index is 2190. The molecule has 4 aromatic rings. The summed E-state index contributed by atoms with van der Waals surface area (Å²) in [4.78, 5) is 72.2. The summed E-state index contributed by atoms with van der Waals surface area (Å²) in [6, 6.07) is 16.0. The van der Waals surface area contributed by atoms with Gasteiger partial charge in [0.15, 0.2) is 5.78 Å². The van der Waals surface area contributed by atoms with Crippen LogP contribution in [0.25, 0.3) is 0 Å². The Labute approximate surface area is 357 Å². The van der Waals surface area contributed by atoms with Crippen LogP contribution in [0.3, 0.4) is 0 Å². The molecule has 0 aromatic heterocycles. The first kappa shape index (κ1) is 52.2. The second-order valence-electron chi connectivity index (χ2n) is 13.5. The number of ether oxygens (including phenoxy) is 1. The predicted octanol–water partition coefficient (Wildman–Crippen LogP) is 8.48. The molecule has 12 nitrogen and oxygen atoms in total. The largest absolute Gasteiger partial charge is 0.480 e. The Balaban J connectivity index is 0.000000365. The number of aliphatic carboxylic acids is 3. The minimum Gasteiger partial charge on any atom is -0.480 e. The van der Waals surface area contributed by atoms with E-state index in [0.717, 1.165) is 11.1 Å². The zero-order valence-corrected chi connectivity index (χ0v) is 32.7. The standard InChI is InChI=1S/C21H10F12O5.C20H22N2O5/c22-18(23,24)7-3-1-4-8(19(25,26)27)11(7)13(16(35)36)15(34)14(17(37)38)12-9(20(28,29)30)5-2-6-10(12)21(31,32)33;1-14(19(24)25)21-18(23)17(12-15-8-4-2-5-9-15)22-20(26)27-13-16-10-6-3-7-11-16/h1-6,13-14H,(H,35,36)(H,37,38);2-11,14,17H,12-13H2,1H3,(H,21,23)(H,22,26)(H,24,25)/t;14-,17-/m.0/s1. The van der Waals surface area contributed by atoms with E-state index >= 15 is 0 Å². The molecular formula is C41H32F12N2O10. The van der Waals surface area contributed by atoms with Gasteiger partial charge in [0.25, 0.3) is 0 Å².